The van der Waals surface area contributed by atoms with E-state index in [-0.39, 0.29) is 0 Å². The van der Waals surface area contributed by atoms with Gasteiger partial charge in [-0.15, -0.1) is 5.10 Å². The van der Waals surface area contributed by atoms with Crippen molar-refractivity contribution in [3.05, 3.63) is 29.8 Å². The number of nitrogens with zero attached hydrogens (tertiary/aromatic N) is 3. The molecule has 0 amide bonds. The van der Waals surface area contributed by atoms with Crippen LogP contribution in [0.4, 0.5) is 0 Å². The fraction of sp³-hybridized carbons (Fsp3) is 0.667. The molecule has 3 heteroatoms. The summed E-state index contributed by atoms with van der Waals surface area (Å²) in [6, 6.07) is 2.41. The van der Waals surface area contributed by atoms with Gasteiger partial charge in [0.1, 0.15) is 6.33 Å². The van der Waals surface area contributed by atoms with Crippen molar-refractivity contribution in [3.63, 3.8) is 0 Å². The lowest BCUT2D eigenvalue weighted by atomic mass is 9.64. The van der Waals surface area contributed by atoms with Gasteiger partial charge in [0.05, 0.1) is 11.2 Å². The largest absolute Gasteiger partial charge is 0.304 e. The highest BCUT2D eigenvalue weighted by molar-refractivity contribution is 5.55. The zero-order valence-corrected chi connectivity index (χ0v) is 12.8. The second-order valence-electron chi connectivity index (χ2n) is 7.88. The van der Waals surface area contributed by atoms with Crippen LogP contribution in [-0.2, 0) is 5.41 Å². The molecule has 3 saturated carbocycles. The van der Waals surface area contributed by atoms with E-state index in [2.05, 4.69) is 33.8 Å². The van der Waals surface area contributed by atoms with Gasteiger partial charge in [0.25, 0.3) is 0 Å². The number of hydrogen-bond donors (Lipinski definition) is 0. The van der Waals surface area contributed by atoms with Crippen molar-refractivity contribution in [2.24, 2.45) is 17.8 Å². The highest BCUT2D eigenvalue weighted by Gasteiger charge is 2.50. The Hall–Kier alpha value is -1.38. The molecule has 5 rings (SSSR count). The average molecular weight is 281 g/mol. The molecular formula is C18H23N3. The van der Waals surface area contributed by atoms with Gasteiger partial charge >= 0.3 is 0 Å². The minimum atomic E-state index is 0.456. The maximum absolute atomic E-state index is 4.21. The zero-order chi connectivity index (χ0) is 14.0. The normalized spacial score (nSPS) is 38.0. The molecule has 4 unspecified atom stereocenters. The van der Waals surface area contributed by atoms with Crippen LogP contribution in [0.25, 0.3) is 5.52 Å². The molecule has 0 N–H and O–H groups in total. The van der Waals surface area contributed by atoms with E-state index in [1.165, 1.54) is 50.5 Å². The summed E-state index contributed by atoms with van der Waals surface area (Å²) >= 11 is 0. The van der Waals surface area contributed by atoms with E-state index in [4.69, 9.17) is 0 Å². The molecule has 0 saturated heterocycles. The number of aromatic nitrogens is 3. The third-order valence-electron chi connectivity index (χ3n) is 6.72. The van der Waals surface area contributed by atoms with E-state index in [0.29, 0.717) is 5.41 Å². The molecule has 2 aromatic heterocycles. The first-order valence-electron chi connectivity index (χ1n) is 8.54. The molecule has 2 heterocycles. The van der Waals surface area contributed by atoms with E-state index in [1.807, 2.05) is 6.33 Å². The first-order valence-corrected chi connectivity index (χ1v) is 8.54. The number of hydrogen-bond acceptors (Lipinski definition) is 2. The van der Waals surface area contributed by atoms with Crippen molar-refractivity contribution in [2.45, 2.75) is 57.3 Å². The summed E-state index contributed by atoms with van der Waals surface area (Å²) in [4.78, 5) is 0. The molecule has 21 heavy (non-hydrogen) atoms. The van der Waals surface area contributed by atoms with Gasteiger partial charge in [0.15, 0.2) is 0 Å². The number of fused-ring (bicyclic) bond motifs is 3. The maximum atomic E-state index is 4.21. The Balaban J connectivity index is 1.65. The van der Waals surface area contributed by atoms with Crippen LogP contribution >= 0.6 is 0 Å². The first-order chi connectivity index (χ1) is 10.2. The van der Waals surface area contributed by atoms with Gasteiger partial charge in [0, 0.05) is 6.20 Å². The lowest BCUT2D eigenvalue weighted by Gasteiger charge is -2.40. The Morgan fingerprint density at radius 1 is 1.24 bits per heavy atom. The van der Waals surface area contributed by atoms with Crippen LogP contribution in [0.1, 0.15) is 56.2 Å². The molecule has 0 radical (unpaired) electrons. The highest BCUT2D eigenvalue weighted by Crippen LogP contribution is 2.59. The average Bonchev–Trinajstić information content (AvgIpc) is 2.98. The van der Waals surface area contributed by atoms with Crippen molar-refractivity contribution in [1.29, 1.82) is 0 Å². The zero-order valence-electron chi connectivity index (χ0n) is 12.8. The SMILES string of the molecule is Cc1nncn2cc(C34CCCC5CC(CC5C3)C4)cc12. The molecule has 3 aliphatic carbocycles. The quantitative estimate of drug-likeness (QED) is 0.793. The second kappa shape index (κ2) is 4.08. The molecule has 3 nitrogen and oxygen atoms in total. The third-order valence-corrected chi connectivity index (χ3v) is 6.72. The summed E-state index contributed by atoms with van der Waals surface area (Å²) in [5.74, 6) is 3.04. The number of rotatable bonds is 1. The fourth-order valence-electron chi connectivity index (χ4n) is 5.91. The monoisotopic (exact) mass is 281 g/mol. The van der Waals surface area contributed by atoms with Gasteiger partial charge in [-0.2, -0.15) is 5.10 Å². The molecule has 3 fully saturated rings. The lowest BCUT2D eigenvalue weighted by Crippen LogP contribution is -2.33. The topological polar surface area (TPSA) is 30.2 Å². The molecule has 110 valence electrons. The highest BCUT2D eigenvalue weighted by atomic mass is 15.2. The summed E-state index contributed by atoms with van der Waals surface area (Å²) in [7, 11) is 0. The van der Waals surface area contributed by atoms with E-state index in [9.17, 15) is 0 Å². The summed E-state index contributed by atoms with van der Waals surface area (Å²) in [6.45, 7) is 2.07. The van der Waals surface area contributed by atoms with E-state index in [0.717, 1.165) is 23.4 Å². The Labute approximate surface area is 125 Å². The molecule has 3 aliphatic rings. The Morgan fingerprint density at radius 3 is 3.05 bits per heavy atom. The molecule has 4 atom stereocenters. The van der Waals surface area contributed by atoms with Crippen molar-refractivity contribution in [3.8, 4) is 0 Å². The van der Waals surface area contributed by atoms with E-state index < -0.39 is 0 Å². The Morgan fingerprint density at radius 2 is 2.14 bits per heavy atom. The van der Waals surface area contributed by atoms with Gasteiger partial charge in [-0.1, -0.05) is 12.8 Å². The maximum Gasteiger partial charge on any atom is 0.122 e. The summed E-state index contributed by atoms with van der Waals surface area (Å²) < 4.78 is 2.19. The van der Waals surface area contributed by atoms with Gasteiger partial charge in [-0.05, 0) is 73.8 Å². The predicted molar refractivity (Wildman–Crippen MR) is 82.2 cm³/mol. The van der Waals surface area contributed by atoms with Crippen LogP contribution in [0.3, 0.4) is 0 Å². The summed E-state index contributed by atoms with van der Waals surface area (Å²) in [6.07, 6.45) is 14.4. The van der Waals surface area contributed by atoms with Crippen LogP contribution in [0.2, 0.25) is 0 Å². The molecule has 0 spiro atoms. The molecule has 2 aromatic rings. The van der Waals surface area contributed by atoms with Crippen LogP contribution in [0.5, 0.6) is 0 Å². The standard InChI is InChI=1S/C18H23N3/c1-12-17-7-16(10-21(17)11-19-20-12)18-4-2-3-14-5-13(8-18)6-15(14)9-18/h7,10-11,13-15H,2-6,8-9H2,1H3. The molecule has 3 bridgehead atoms. The van der Waals surface area contributed by atoms with Crippen LogP contribution in [-0.4, -0.2) is 14.6 Å². The fourth-order valence-corrected chi connectivity index (χ4v) is 5.91. The van der Waals surface area contributed by atoms with Gasteiger partial charge in [0.2, 0.25) is 0 Å². The van der Waals surface area contributed by atoms with Crippen molar-refractivity contribution >= 4 is 5.52 Å². The predicted octanol–water partition coefficient (Wildman–Crippen LogP) is 3.90. The molecule has 0 aliphatic heterocycles. The van der Waals surface area contributed by atoms with Crippen LogP contribution < -0.4 is 0 Å². The first kappa shape index (κ1) is 12.2. The smallest absolute Gasteiger partial charge is 0.122 e. The Kier molecular flexibility index (Phi) is 2.37. The number of aryl methyl sites for hydroxylation is 1. The molecular weight excluding hydrogens is 258 g/mol. The molecule has 0 aromatic carbocycles. The summed E-state index contributed by atoms with van der Waals surface area (Å²) in [5, 5.41) is 8.32. The summed E-state index contributed by atoms with van der Waals surface area (Å²) in [5.41, 5.74) is 4.31. The van der Waals surface area contributed by atoms with E-state index in [1.54, 1.807) is 5.56 Å². The van der Waals surface area contributed by atoms with E-state index >= 15 is 0 Å². The van der Waals surface area contributed by atoms with Crippen LogP contribution in [0, 0.1) is 24.7 Å². The van der Waals surface area contributed by atoms with Crippen molar-refractivity contribution in [1.82, 2.24) is 14.6 Å². The van der Waals surface area contributed by atoms with Gasteiger partial charge in [-0.3, -0.25) is 0 Å². The lowest BCUT2D eigenvalue weighted by molar-refractivity contribution is 0.206. The minimum absolute atomic E-state index is 0.456. The second-order valence-corrected chi connectivity index (χ2v) is 7.88. The minimum Gasteiger partial charge on any atom is -0.304 e. The van der Waals surface area contributed by atoms with Gasteiger partial charge < -0.3 is 4.40 Å². The van der Waals surface area contributed by atoms with Crippen molar-refractivity contribution < 1.29 is 0 Å². The van der Waals surface area contributed by atoms with Gasteiger partial charge in [-0.25, -0.2) is 0 Å². The third kappa shape index (κ3) is 1.66. The van der Waals surface area contributed by atoms with Crippen molar-refractivity contribution in [2.75, 3.05) is 0 Å². The Bertz CT molecular complexity index is 704. The van der Waals surface area contributed by atoms with Crippen LogP contribution in [0.15, 0.2) is 18.6 Å².